The molecular formula is C14H15ClN2O. The number of benzene rings is 1. The SMILES string of the molecule is CNCc1cccc(Oc2ccc(Cl)cc2C)n1. The Kier molecular flexibility index (Phi) is 4.18. The molecule has 3 nitrogen and oxygen atoms in total. The van der Waals surface area contributed by atoms with Crippen LogP contribution in [-0.4, -0.2) is 12.0 Å². The van der Waals surface area contributed by atoms with Crippen LogP contribution in [0.3, 0.4) is 0 Å². The van der Waals surface area contributed by atoms with Crippen molar-refractivity contribution >= 4 is 11.6 Å². The van der Waals surface area contributed by atoms with E-state index in [1.54, 1.807) is 6.07 Å². The van der Waals surface area contributed by atoms with Crippen LogP contribution in [0.1, 0.15) is 11.3 Å². The summed E-state index contributed by atoms with van der Waals surface area (Å²) in [5, 5.41) is 3.76. The Morgan fingerprint density at radius 2 is 2.11 bits per heavy atom. The summed E-state index contributed by atoms with van der Waals surface area (Å²) in [6.07, 6.45) is 0. The molecule has 0 saturated heterocycles. The second kappa shape index (κ2) is 5.85. The zero-order valence-electron chi connectivity index (χ0n) is 10.4. The number of rotatable bonds is 4. The third-order valence-electron chi connectivity index (χ3n) is 2.49. The fraction of sp³-hybridized carbons (Fsp3) is 0.214. The normalized spacial score (nSPS) is 10.4. The van der Waals surface area contributed by atoms with Gasteiger partial charge in [0.2, 0.25) is 5.88 Å². The van der Waals surface area contributed by atoms with E-state index in [0.29, 0.717) is 10.9 Å². The van der Waals surface area contributed by atoms with Crippen molar-refractivity contribution in [1.82, 2.24) is 10.3 Å². The summed E-state index contributed by atoms with van der Waals surface area (Å²) in [6, 6.07) is 11.3. The maximum atomic E-state index is 5.91. The fourth-order valence-corrected chi connectivity index (χ4v) is 1.86. The average Bonchev–Trinajstić information content (AvgIpc) is 2.34. The number of pyridine rings is 1. The lowest BCUT2D eigenvalue weighted by Crippen LogP contribution is -2.07. The topological polar surface area (TPSA) is 34.1 Å². The van der Waals surface area contributed by atoms with Gasteiger partial charge in [-0.1, -0.05) is 17.7 Å². The molecule has 2 aromatic rings. The van der Waals surface area contributed by atoms with Crippen LogP contribution in [0.2, 0.25) is 5.02 Å². The number of aryl methyl sites for hydroxylation is 1. The Labute approximate surface area is 112 Å². The van der Waals surface area contributed by atoms with Gasteiger partial charge in [0, 0.05) is 17.6 Å². The highest BCUT2D eigenvalue weighted by Crippen LogP contribution is 2.26. The lowest BCUT2D eigenvalue weighted by atomic mass is 10.2. The van der Waals surface area contributed by atoms with Crippen molar-refractivity contribution in [2.24, 2.45) is 0 Å². The summed E-state index contributed by atoms with van der Waals surface area (Å²) in [7, 11) is 1.89. The Hall–Kier alpha value is -1.58. The number of ether oxygens (including phenoxy) is 1. The third-order valence-corrected chi connectivity index (χ3v) is 2.73. The smallest absolute Gasteiger partial charge is 0.219 e. The van der Waals surface area contributed by atoms with Crippen LogP contribution in [0.15, 0.2) is 36.4 Å². The molecule has 0 spiro atoms. The number of aromatic nitrogens is 1. The second-order valence-electron chi connectivity index (χ2n) is 4.01. The first-order chi connectivity index (χ1) is 8.69. The molecule has 2 rings (SSSR count). The first-order valence-electron chi connectivity index (χ1n) is 5.73. The maximum absolute atomic E-state index is 5.91. The molecule has 0 bridgehead atoms. The van der Waals surface area contributed by atoms with E-state index in [0.717, 1.165) is 23.6 Å². The monoisotopic (exact) mass is 262 g/mol. The largest absolute Gasteiger partial charge is 0.439 e. The van der Waals surface area contributed by atoms with Crippen molar-refractivity contribution in [3.05, 3.63) is 52.7 Å². The minimum Gasteiger partial charge on any atom is -0.439 e. The van der Waals surface area contributed by atoms with Gasteiger partial charge in [0.25, 0.3) is 0 Å². The van der Waals surface area contributed by atoms with Gasteiger partial charge in [-0.2, -0.15) is 0 Å². The van der Waals surface area contributed by atoms with Gasteiger partial charge in [0.1, 0.15) is 5.75 Å². The molecule has 0 radical (unpaired) electrons. The number of nitrogens with one attached hydrogen (secondary N) is 1. The van der Waals surface area contributed by atoms with E-state index < -0.39 is 0 Å². The molecule has 0 aliphatic heterocycles. The molecule has 0 saturated carbocycles. The molecule has 0 unspecified atom stereocenters. The molecule has 1 N–H and O–H groups in total. The first-order valence-corrected chi connectivity index (χ1v) is 6.11. The van der Waals surface area contributed by atoms with E-state index in [1.165, 1.54) is 0 Å². The van der Waals surface area contributed by atoms with Crippen molar-refractivity contribution in [2.45, 2.75) is 13.5 Å². The number of hydrogen-bond acceptors (Lipinski definition) is 3. The summed E-state index contributed by atoms with van der Waals surface area (Å²) in [6.45, 7) is 2.68. The molecule has 0 amide bonds. The van der Waals surface area contributed by atoms with Gasteiger partial charge in [-0.3, -0.25) is 0 Å². The van der Waals surface area contributed by atoms with Crippen LogP contribution < -0.4 is 10.1 Å². The van der Waals surface area contributed by atoms with Crippen molar-refractivity contribution in [2.75, 3.05) is 7.05 Å². The first kappa shape index (κ1) is 12.9. The molecule has 0 aliphatic rings. The number of hydrogen-bond donors (Lipinski definition) is 1. The Morgan fingerprint density at radius 1 is 1.28 bits per heavy atom. The summed E-state index contributed by atoms with van der Waals surface area (Å²) in [4.78, 5) is 4.40. The minimum absolute atomic E-state index is 0.591. The van der Waals surface area contributed by atoms with Gasteiger partial charge >= 0.3 is 0 Å². The standard InChI is InChI=1S/C14H15ClN2O/c1-10-8-11(15)6-7-13(10)18-14-5-3-4-12(17-14)9-16-2/h3-8,16H,9H2,1-2H3. The Balaban J connectivity index is 2.20. The van der Waals surface area contributed by atoms with Crippen molar-refractivity contribution in [1.29, 1.82) is 0 Å². The molecule has 0 atom stereocenters. The van der Waals surface area contributed by atoms with Crippen LogP contribution in [0, 0.1) is 6.92 Å². The highest BCUT2D eigenvalue weighted by molar-refractivity contribution is 6.30. The van der Waals surface area contributed by atoms with E-state index in [-0.39, 0.29) is 0 Å². The van der Waals surface area contributed by atoms with E-state index in [1.807, 2.05) is 44.3 Å². The summed E-state index contributed by atoms with van der Waals surface area (Å²) in [5.41, 5.74) is 1.94. The highest BCUT2D eigenvalue weighted by Gasteiger charge is 2.04. The van der Waals surface area contributed by atoms with E-state index in [4.69, 9.17) is 16.3 Å². The van der Waals surface area contributed by atoms with Gasteiger partial charge in [-0.25, -0.2) is 4.98 Å². The molecule has 0 aliphatic carbocycles. The van der Waals surface area contributed by atoms with Gasteiger partial charge in [0.15, 0.2) is 0 Å². The van der Waals surface area contributed by atoms with Gasteiger partial charge in [-0.05, 0) is 43.8 Å². The number of halogens is 1. The lowest BCUT2D eigenvalue weighted by Gasteiger charge is -2.09. The van der Waals surface area contributed by atoms with E-state index in [2.05, 4.69) is 10.3 Å². The molecule has 1 aromatic carbocycles. The molecule has 1 aromatic heterocycles. The highest BCUT2D eigenvalue weighted by atomic mass is 35.5. The van der Waals surface area contributed by atoms with Crippen LogP contribution in [-0.2, 0) is 6.54 Å². The van der Waals surface area contributed by atoms with Crippen LogP contribution >= 0.6 is 11.6 Å². The average molecular weight is 263 g/mol. The molecule has 94 valence electrons. The molecule has 18 heavy (non-hydrogen) atoms. The summed E-state index contributed by atoms with van der Waals surface area (Å²) in [5.74, 6) is 1.36. The van der Waals surface area contributed by atoms with Gasteiger partial charge in [0.05, 0.1) is 5.69 Å². The minimum atomic E-state index is 0.591. The third kappa shape index (κ3) is 3.22. The van der Waals surface area contributed by atoms with Crippen LogP contribution in [0.25, 0.3) is 0 Å². The van der Waals surface area contributed by atoms with Crippen molar-refractivity contribution < 1.29 is 4.74 Å². The van der Waals surface area contributed by atoms with E-state index in [9.17, 15) is 0 Å². The van der Waals surface area contributed by atoms with Gasteiger partial charge < -0.3 is 10.1 Å². The van der Waals surface area contributed by atoms with Crippen molar-refractivity contribution in [3.63, 3.8) is 0 Å². The second-order valence-corrected chi connectivity index (χ2v) is 4.45. The molecule has 0 fully saturated rings. The van der Waals surface area contributed by atoms with E-state index >= 15 is 0 Å². The van der Waals surface area contributed by atoms with Crippen molar-refractivity contribution in [3.8, 4) is 11.6 Å². The predicted octanol–water partition coefficient (Wildman–Crippen LogP) is 3.56. The molecule has 4 heteroatoms. The van der Waals surface area contributed by atoms with Crippen LogP contribution in [0.5, 0.6) is 11.6 Å². The fourth-order valence-electron chi connectivity index (χ4n) is 1.63. The predicted molar refractivity (Wildman–Crippen MR) is 73.3 cm³/mol. The lowest BCUT2D eigenvalue weighted by molar-refractivity contribution is 0.456. The zero-order valence-corrected chi connectivity index (χ0v) is 11.2. The molecule has 1 heterocycles. The Bertz CT molecular complexity index is 543. The Morgan fingerprint density at radius 3 is 2.83 bits per heavy atom. The summed E-state index contributed by atoms with van der Waals surface area (Å²) < 4.78 is 5.75. The zero-order chi connectivity index (χ0) is 13.0. The quantitative estimate of drug-likeness (QED) is 0.915. The molecular weight excluding hydrogens is 248 g/mol. The maximum Gasteiger partial charge on any atom is 0.219 e. The van der Waals surface area contributed by atoms with Crippen LogP contribution in [0.4, 0.5) is 0 Å². The summed E-state index contributed by atoms with van der Waals surface area (Å²) >= 11 is 5.91. The van der Waals surface area contributed by atoms with Gasteiger partial charge in [-0.15, -0.1) is 0 Å². The number of nitrogens with zero attached hydrogens (tertiary/aromatic N) is 1.